The molecular weight excluding hydrogens is 138 g/mol. The Balaban J connectivity index is 2.13. The van der Waals surface area contributed by atoms with Gasteiger partial charge in [0.2, 0.25) is 0 Å². The molecule has 0 unspecified atom stereocenters. The van der Waals surface area contributed by atoms with Crippen LogP contribution in [0.25, 0.3) is 0 Å². The van der Waals surface area contributed by atoms with Gasteiger partial charge in [-0.2, -0.15) is 0 Å². The lowest BCUT2D eigenvalue weighted by atomic mass is 10.00. The van der Waals surface area contributed by atoms with Crippen molar-refractivity contribution in [1.29, 1.82) is 0 Å². The molecule has 1 saturated heterocycles. The Morgan fingerprint density at radius 2 is 2.09 bits per heavy atom. The lowest BCUT2D eigenvalue weighted by Gasteiger charge is -2.18. The summed E-state index contributed by atoms with van der Waals surface area (Å²) in [5.41, 5.74) is 5.37. The summed E-state index contributed by atoms with van der Waals surface area (Å²) in [6.45, 7) is 2.62. The topological polar surface area (TPSA) is 35.2 Å². The number of nitrogens with two attached hydrogens (primary N) is 1. The fraction of sp³-hybridized carbons (Fsp3) is 0.778. The highest BCUT2D eigenvalue weighted by Gasteiger charge is 2.09. The molecule has 0 aliphatic carbocycles. The fourth-order valence-corrected chi connectivity index (χ4v) is 1.29. The molecule has 0 aromatic rings. The van der Waals surface area contributed by atoms with E-state index in [2.05, 4.69) is 12.2 Å². The summed E-state index contributed by atoms with van der Waals surface area (Å²) in [6.07, 6.45) is 7.85. The zero-order valence-corrected chi connectivity index (χ0v) is 6.96. The summed E-state index contributed by atoms with van der Waals surface area (Å²) in [5, 5.41) is 0. The fourth-order valence-electron chi connectivity index (χ4n) is 1.29. The van der Waals surface area contributed by atoms with E-state index in [1.807, 2.05) is 0 Å². The van der Waals surface area contributed by atoms with Crippen LogP contribution in [0, 0.1) is 5.92 Å². The van der Waals surface area contributed by atoms with Crippen molar-refractivity contribution in [2.24, 2.45) is 11.7 Å². The van der Waals surface area contributed by atoms with Crippen molar-refractivity contribution in [1.82, 2.24) is 0 Å². The van der Waals surface area contributed by atoms with Crippen LogP contribution < -0.4 is 5.73 Å². The Labute approximate surface area is 68.4 Å². The van der Waals surface area contributed by atoms with Gasteiger partial charge in [-0.25, -0.2) is 0 Å². The predicted octanol–water partition coefficient (Wildman–Crippen LogP) is 1.32. The van der Waals surface area contributed by atoms with Crippen molar-refractivity contribution in [2.75, 3.05) is 19.8 Å². The van der Waals surface area contributed by atoms with E-state index < -0.39 is 0 Å². The molecule has 0 radical (unpaired) electrons. The molecule has 1 aliphatic rings. The average molecular weight is 155 g/mol. The summed E-state index contributed by atoms with van der Waals surface area (Å²) < 4.78 is 5.25. The molecule has 64 valence electrons. The lowest BCUT2D eigenvalue weighted by Crippen LogP contribution is -2.13. The normalized spacial score (nSPS) is 21.2. The molecule has 0 saturated carbocycles. The number of rotatable bonds is 3. The van der Waals surface area contributed by atoms with E-state index in [-0.39, 0.29) is 0 Å². The average Bonchev–Trinajstić information content (AvgIpc) is 2.07. The Morgan fingerprint density at radius 1 is 1.36 bits per heavy atom. The van der Waals surface area contributed by atoms with E-state index >= 15 is 0 Å². The third-order valence-electron chi connectivity index (χ3n) is 2.01. The smallest absolute Gasteiger partial charge is 0.0471 e. The van der Waals surface area contributed by atoms with Crippen molar-refractivity contribution in [3.8, 4) is 0 Å². The maximum atomic E-state index is 5.37. The standard InChI is InChI=1S/C9H17NO/c10-6-2-1-3-9-4-7-11-8-5-9/h1,3,9H,2,4-8,10H2/b3-1+. The molecule has 0 aromatic carbocycles. The van der Waals surface area contributed by atoms with Crippen LogP contribution in [-0.2, 0) is 4.74 Å². The highest BCUT2D eigenvalue weighted by atomic mass is 16.5. The molecule has 2 heteroatoms. The van der Waals surface area contributed by atoms with E-state index in [1.54, 1.807) is 0 Å². The van der Waals surface area contributed by atoms with Gasteiger partial charge in [0.1, 0.15) is 0 Å². The van der Waals surface area contributed by atoms with Gasteiger partial charge in [-0.3, -0.25) is 0 Å². The molecule has 1 fully saturated rings. The minimum absolute atomic E-state index is 0.746. The quantitative estimate of drug-likeness (QED) is 0.624. The molecule has 0 amide bonds. The molecule has 2 nitrogen and oxygen atoms in total. The molecule has 1 rings (SSSR count). The first kappa shape index (κ1) is 8.75. The molecule has 11 heavy (non-hydrogen) atoms. The van der Waals surface area contributed by atoms with E-state index in [4.69, 9.17) is 10.5 Å². The molecule has 0 spiro atoms. The third kappa shape index (κ3) is 3.54. The van der Waals surface area contributed by atoms with E-state index in [0.29, 0.717) is 0 Å². The number of allylic oxidation sites excluding steroid dienone is 1. The van der Waals surface area contributed by atoms with Gasteiger partial charge in [-0.15, -0.1) is 0 Å². The van der Waals surface area contributed by atoms with E-state index in [0.717, 1.165) is 32.1 Å². The van der Waals surface area contributed by atoms with Gasteiger partial charge in [-0.05, 0) is 31.7 Å². The molecule has 0 bridgehead atoms. The summed E-state index contributed by atoms with van der Waals surface area (Å²) in [4.78, 5) is 0. The van der Waals surface area contributed by atoms with Crippen molar-refractivity contribution in [3.05, 3.63) is 12.2 Å². The van der Waals surface area contributed by atoms with E-state index in [1.165, 1.54) is 12.8 Å². The third-order valence-corrected chi connectivity index (χ3v) is 2.01. The number of hydrogen-bond acceptors (Lipinski definition) is 2. The van der Waals surface area contributed by atoms with Gasteiger partial charge >= 0.3 is 0 Å². The number of hydrogen-bond donors (Lipinski definition) is 1. The van der Waals surface area contributed by atoms with Gasteiger partial charge in [-0.1, -0.05) is 12.2 Å². The summed E-state index contributed by atoms with van der Waals surface area (Å²) in [7, 11) is 0. The lowest BCUT2D eigenvalue weighted by molar-refractivity contribution is 0.0785. The van der Waals surface area contributed by atoms with Crippen LogP contribution in [-0.4, -0.2) is 19.8 Å². The molecule has 2 N–H and O–H groups in total. The summed E-state index contributed by atoms with van der Waals surface area (Å²) >= 11 is 0. The van der Waals surface area contributed by atoms with Crippen molar-refractivity contribution in [2.45, 2.75) is 19.3 Å². The molecule has 0 aromatic heterocycles. The Morgan fingerprint density at radius 3 is 2.73 bits per heavy atom. The summed E-state index contributed by atoms with van der Waals surface area (Å²) in [5.74, 6) is 0.746. The van der Waals surface area contributed by atoms with Crippen LogP contribution >= 0.6 is 0 Å². The van der Waals surface area contributed by atoms with Crippen molar-refractivity contribution in [3.63, 3.8) is 0 Å². The SMILES string of the molecule is NCC/C=C/C1CCOCC1. The van der Waals surface area contributed by atoms with Crippen LogP contribution in [0.5, 0.6) is 0 Å². The van der Waals surface area contributed by atoms with Crippen LogP contribution in [0.3, 0.4) is 0 Å². The summed E-state index contributed by atoms with van der Waals surface area (Å²) in [6, 6.07) is 0. The zero-order chi connectivity index (χ0) is 7.94. The number of ether oxygens (including phenoxy) is 1. The van der Waals surface area contributed by atoms with Crippen LogP contribution in [0.2, 0.25) is 0 Å². The minimum Gasteiger partial charge on any atom is -0.381 e. The highest BCUT2D eigenvalue weighted by Crippen LogP contribution is 2.15. The molecule has 1 heterocycles. The van der Waals surface area contributed by atoms with E-state index in [9.17, 15) is 0 Å². The first-order chi connectivity index (χ1) is 5.43. The second-order valence-electron chi connectivity index (χ2n) is 2.96. The van der Waals surface area contributed by atoms with Gasteiger partial charge in [0.05, 0.1) is 0 Å². The Kier molecular flexibility index (Phi) is 4.24. The Hall–Kier alpha value is -0.340. The van der Waals surface area contributed by atoms with Crippen molar-refractivity contribution >= 4 is 0 Å². The van der Waals surface area contributed by atoms with Gasteiger partial charge in [0.15, 0.2) is 0 Å². The Bertz CT molecular complexity index is 117. The van der Waals surface area contributed by atoms with Crippen molar-refractivity contribution < 1.29 is 4.74 Å². The van der Waals surface area contributed by atoms with Gasteiger partial charge in [0.25, 0.3) is 0 Å². The van der Waals surface area contributed by atoms with Gasteiger partial charge in [0, 0.05) is 13.2 Å². The van der Waals surface area contributed by atoms with Crippen LogP contribution in [0.4, 0.5) is 0 Å². The monoisotopic (exact) mass is 155 g/mol. The predicted molar refractivity (Wildman–Crippen MR) is 46.4 cm³/mol. The highest BCUT2D eigenvalue weighted by molar-refractivity contribution is 4.89. The van der Waals surface area contributed by atoms with Crippen LogP contribution in [0.15, 0.2) is 12.2 Å². The first-order valence-corrected chi connectivity index (χ1v) is 4.38. The minimum atomic E-state index is 0.746. The molecule has 0 atom stereocenters. The zero-order valence-electron chi connectivity index (χ0n) is 6.96. The molecule has 1 aliphatic heterocycles. The molecular formula is C9H17NO. The maximum Gasteiger partial charge on any atom is 0.0471 e. The van der Waals surface area contributed by atoms with Gasteiger partial charge < -0.3 is 10.5 Å². The largest absolute Gasteiger partial charge is 0.381 e. The first-order valence-electron chi connectivity index (χ1n) is 4.38. The second-order valence-corrected chi connectivity index (χ2v) is 2.96. The van der Waals surface area contributed by atoms with Crippen LogP contribution in [0.1, 0.15) is 19.3 Å². The second kappa shape index (κ2) is 5.33. The maximum absolute atomic E-state index is 5.37.